The van der Waals surface area contributed by atoms with Crippen LogP contribution >= 0.6 is 0 Å². The number of ether oxygens (including phenoxy) is 2. The highest BCUT2D eigenvalue weighted by Gasteiger charge is 2.37. The van der Waals surface area contributed by atoms with Crippen molar-refractivity contribution in [1.82, 2.24) is 9.97 Å². The van der Waals surface area contributed by atoms with Gasteiger partial charge in [-0.25, -0.2) is 9.97 Å². The minimum Gasteiger partial charge on any atom is -0.295 e. The number of halogens is 2. The summed E-state index contributed by atoms with van der Waals surface area (Å²) in [5, 5.41) is 0. The van der Waals surface area contributed by atoms with Gasteiger partial charge < -0.3 is 0 Å². The smallest absolute Gasteiger partial charge is 0.295 e. The molecular formula is C15H20F2N2O2. The summed E-state index contributed by atoms with van der Waals surface area (Å²) in [6, 6.07) is 0. The average molecular weight is 298 g/mol. The summed E-state index contributed by atoms with van der Waals surface area (Å²) in [6.45, 7) is 2.02. The van der Waals surface area contributed by atoms with Crippen LogP contribution in [0.4, 0.5) is 8.78 Å². The van der Waals surface area contributed by atoms with E-state index in [2.05, 4.69) is 26.4 Å². The molecule has 0 radical (unpaired) electrons. The Kier molecular flexibility index (Phi) is 5.76. The fraction of sp³-hybridized carbons (Fsp3) is 0.600. The third-order valence-electron chi connectivity index (χ3n) is 3.24. The lowest BCUT2D eigenvalue weighted by molar-refractivity contribution is -0.417. The Balaban J connectivity index is 1.81. The Bertz CT molecular complexity index is 453. The molecule has 1 fully saturated rings. The number of aromatic nitrogens is 2. The van der Waals surface area contributed by atoms with Crippen molar-refractivity contribution >= 4 is 6.08 Å². The maximum atomic E-state index is 12.6. The molecule has 0 unspecified atom stereocenters. The van der Waals surface area contributed by atoms with E-state index in [0.29, 0.717) is 5.82 Å². The van der Waals surface area contributed by atoms with Crippen molar-refractivity contribution in [3.05, 3.63) is 29.9 Å². The molecular weight excluding hydrogens is 278 g/mol. The molecule has 2 rings (SSSR count). The van der Waals surface area contributed by atoms with Gasteiger partial charge in [-0.15, -0.1) is 8.78 Å². The van der Waals surface area contributed by atoms with Crippen molar-refractivity contribution in [1.29, 1.82) is 0 Å². The van der Waals surface area contributed by atoms with Crippen LogP contribution in [0, 0.1) is 5.92 Å². The van der Waals surface area contributed by atoms with Crippen molar-refractivity contribution in [3.63, 3.8) is 0 Å². The normalized spacial score (nSPS) is 19.2. The Hall–Kier alpha value is -1.40. The van der Waals surface area contributed by atoms with Crippen LogP contribution in [0.5, 0.6) is 0 Å². The highest BCUT2D eigenvalue weighted by Crippen LogP contribution is 2.25. The van der Waals surface area contributed by atoms with E-state index in [1.807, 2.05) is 12.4 Å². The number of hydrogen-bond donors (Lipinski definition) is 0. The van der Waals surface area contributed by atoms with Crippen molar-refractivity contribution in [2.75, 3.05) is 13.2 Å². The molecule has 1 aromatic heterocycles. The fourth-order valence-corrected chi connectivity index (χ4v) is 1.99. The van der Waals surface area contributed by atoms with E-state index in [1.54, 1.807) is 12.2 Å². The Morgan fingerprint density at radius 2 is 1.90 bits per heavy atom. The first-order valence-corrected chi connectivity index (χ1v) is 7.24. The standard InChI is InChI=1S/C15H20F2N2O2/c1-2-3-4-5-12-8-18-14(19-9-12)7-6-13-10-20-15(16,17)21-11-13/h6-9,13H,2-5,10-11H2,1H3/b7-6+. The van der Waals surface area contributed by atoms with E-state index >= 15 is 0 Å². The molecule has 1 aliphatic heterocycles. The Morgan fingerprint density at radius 3 is 2.52 bits per heavy atom. The zero-order valence-corrected chi connectivity index (χ0v) is 12.1. The van der Waals surface area contributed by atoms with Crippen LogP contribution in [-0.2, 0) is 15.9 Å². The highest BCUT2D eigenvalue weighted by atomic mass is 19.3. The minimum atomic E-state index is -3.46. The molecule has 1 aromatic rings. The zero-order valence-electron chi connectivity index (χ0n) is 12.1. The van der Waals surface area contributed by atoms with Gasteiger partial charge in [-0.1, -0.05) is 25.8 Å². The quantitative estimate of drug-likeness (QED) is 0.755. The van der Waals surface area contributed by atoms with Gasteiger partial charge in [0.1, 0.15) is 0 Å². The SMILES string of the molecule is CCCCCc1cnc(/C=C/C2COC(F)(F)OC2)nc1. The van der Waals surface area contributed by atoms with Gasteiger partial charge in [-0.05, 0) is 24.5 Å². The summed E-state index contributed by atoms with van der Waals surface area (Å²) in [7, 11) is 0. The lowest BCUT2D eigenvalue weighted by Crippen LogP contribution is -2.36. The van der Waals surface area contributed by atoms with Gasteiger partial charge in [0.15, 0.2) is 5.82 Å². The Labute approximate surface area is 123 Å². The van der Waals surface area contributed by atoms with Crippen LogP contribution in [0.2, 0.25) is 0 Å². The van der Waals surface area contributed by atoms with Crippen molar-refractivity contribution in [2.24, 2.45) is 5.92 Å². The van der Waals surface area contributed by atoms with Crippen LogP contribution in [0.1, 0.15) is 37.6 Å². The molecule has 116 valence electrons. The number of rotatable bonds is 6. The maximum Gasteiger partial charge on any atom is 0.485 e. The molecule has 21 heavy (non-hydrogen) atoms. The molecule has 6 heteroatoms. The molecule has 0 aromatic carbocycles. The fourth-order valence-electron chi connectivity index (χ4n) is 1.99. The molecule has 0 atom stereocenters. The molecule has 0 bridgehead atoms. The van der Waals surface area contributed by atoms with Gasteiger partial charge in [0.2, 0.25) is 0 Å². The van der Waals surface area contributed by atoms with Crippen LogP contribution in [0.3, 0.4) is 0 Å². The number of alkyl halides is 2. The first kappa shape index (κ1) is 16.0. The Morgan fingerprint density at radius 1 is 1.24 bits per heavy atom. The van der Waals surface area contributed by atoms with E-state index in [4.69, 9.17) is 0 Å². The molecule has 0 saturated carbocycles. The van der Waals surface area contributed by atoms with Gasteiger partial charge >= 0.3 is 6.29 Å². The summed E-state index contributed by atoms with van der Waals surface area (Å²) < 4.78 is 33.8. The largest absolute Gasteiger partial charge is 0.485 e. The predicted octanol–water partition coefficient (Wildman–Crippen LogP) is 3.44. The molecule has 4 nitrogen and oxygen atoms in total. The highest BCUT2D eigenvalue weighted by molar-refractivity contribution is 5.40. The van der Waals surface area contributed by atoms with Gasteiger partial charge in [-0.2, -0.15) is 0 Å². The van der Waals surface area contributed by atoms with E-state index in [0.717, 1.165) is 18.4 Å². The third kappa shape index (κ3) is 5.47. The number of aryl methyl sites for hydroxylation is 1. The van der Waals surface area contributed by atoms with Gasteiger partial charge in [0.25, 0.3) is 0 Å². The van der Waals surface area contributed by atoms with Crippen LogP contribution in [0.15, 0.2) is 18.5 Å². The zero-order chi connectivity index (χ0) is 15.1. The summed E-state index contributed by atoms with van der Waals surface area (Å²) in [6.07, 6.45) is 8.12. The molecule has 0 spiro atoms. The van der Waals surface area contributed by atoms with Crippen LogP contribution < -0.4 is 0 Å². The average Bonchev–Trinajstić information content (AvgIpc) is 2.48. The van der Waals surface area contributed by atoms with Crippen molar-refractivity contribution in [2.45, 2.75) is 38.9 Å². The first-order chi connectivity index (χ1) is 10.1. The summed E-state index contributed by atoms with van der Waals surface area (Å²) in [4.78, 5) is 8.49. The molecule has 0 N–H and O–H groups in total. The molecule has 0 aliphatic carbocycles. The van der Waals surface area contributed by atoms with E-state index < -0.39 is 6.29 Å². The van der Waals surface area contributed by atoms with Crippen LogP contribution in [0.25, 0.3) is 6.08 Å². The molecule has 1 aliphatic rings. The predicted molar refractivity (Wildman–Crippen MR) is 74.6 cm³/mol. The maximum absolute atomic E-state index is 12.6. The molecule has 2 heterocycles. The second-order valence-electron chi connectivity index (χ2n) is 5.11. The summed E-state index contributed by atoms with van der Waals surface area (Å²) >= 11 is 0. The molecule has 1 saturated heterocycles. The van der Waals surface area contributed by atoms with Gasteiger partial charge in [0, 0.05) is 18.3 Å². The van der Waals surface area contributed by atoms with Crippen LogP contribution in [-0.4, -0.2) is 29.5 Å². The number of hydrogen-bond acceptors (Lipinski definition) is 4. The van der Waals surface area contributed by atoms with Gasteiger partial charge in [0.05, 0.1) is 13.2 Å². The van der Waals surface area contributed by atoms with Crippen molar-refractivity contribution in [3.8, 4) is 0 Å². The summed E-state index contributed by atoms with van der Waals surface area (Å²) in [5.74, 6) is 0.351. The number of unbranched alkanes of at least 4 members (excludes halogenated alkanes) is 2. The minimum absolute atomic E-state index is 0.0708. The van der Waals surface area contributed by atoms with Gasteiger partial charge in [-0.3, -0.25) is 9.47 Å². The second kappa shape index (κ2) is 7.56. The lowest BCUT2D eigenvalue weighted by atomic mass is 10.1. The third-order valence-corrected chi connectivity index (χ3v) is 3.24. The monoisotopic (exact) mass is 298 g/mol. The first-order valence-electron chi connectivity index (χ1n) is 7.24. The van der Waals surface area contributed by atoms with E-state index in [1.165, 1.54) is 12.8 Å². The number of nitrogens with zero attached hydrogens (tertiary/aromatic N) is 2. The summed E-state index contributed by atoms with van der Waals surface area (Å²) in [5.41, 5.74) is 1.12. The van der Waals surface area contributed by atoms with E-state index in [-0.39, 0.29) is 19.1 Å². The molecule has 0 amide bonds. The lowest BCUT2D eigenvalue weighted by Gasteiger charge is -2.26. The van der Waals surface area contributed by atoms with Crippen molar-refractivity contribution < 1.29 is 18.3 Å². The second-order valence-corrected chi connectivity index (χ2v) is 5.11. The topological polar surface area (TPSA) is 44.2 Å². The van der Waals surface area contributed by atoms with E-state index in [9.17, 15) is 8.78 Å².